The van der Waals surface area contributed by atoms with Crippen molar-refractivity contribution >= 4 is 95.4 Å². The summed E-state index contributed by atoms with van der Waals surface area (Å²) in [6, 6.07) is 91.4. The number of nitrogens with zero attached hydrogens (tertiary/aromatic N) is 2. The van der Waals surface area contributed by atoms with E-state index >= 15 is 0 Å². The average molecular weight is 983 g/mol. The topological polar surface area (TPSA) is 9.86 Å². The Labute approximate surface area is 444 Å². The first-order valence-corrected chi connectivity index (χ1v) is 29.1. The van der Waals surface area contributed by atoms with Gasteiger partial charge < -0.3 is 9.13 Å². The molecule has 6 heterocycles. The van der Waals surface area contributed by atoms with Crippen LogP contribution in [-0.4, -0.2) is 23.9 Å². The average Bonchev–Trinajstić information content (AvgIpc) is 3.93. The molecule has 1 spiro atoms. The molecule has 356 valence electrons. The van der Waals surface area contributed by atoms with Crippen molar-refractivity contribution in [3.8, 4) is 44.9 Å². The molecule has 0 saturated carbocycles. The van der Waals surface area contributed by atoms with Crippen LogP contribution in [-0.2, 0) is 10.8 Å². The van der Waals surface area contributed by atoms with Gasteiger partial charge in [0.05, 0.1) is 16.7 Å². The summed E-state index contributed by atoms with van der Waals surface area (Å²) >= 11 is 0. The lowest BCUT2D eigenvalue weighted by Gasteiger charge is -2.43. The minimum atomic E-state index is -3.11. The zero-order chi connectivity index (χ0) is 50.4. The molecule has 0 amide bonds. The summed E-state index contributed by atoms with van der Waals surface area (Å²) < 4.78 is 5.53. The van der Waals surface area contributed by atoms with Crippen LogP contribution in [0.4, 0.5) is 0 Å². The molecule has 0 atom stereocenters. The van der Waals surface area contributed by atoms with E-state index in [-0.39, 0.29) is 17.5 Å². The van der Waals surface area contributed by atoms with E-state index in [0.717, 1.165) is 0 Å². The highest BCUT2D eigenvalue weighted by atomic mass is 28.3. The fourth-order valence-electron chi connectivity index (χ4n) is 15.3. The molecule has 0 unspecified atom stereocenters. The van der Waals surface area contributed by atoms with Crippen molar-refractivity contribution in [2.24, 2.45) is 0 Å². The zero-order valence-corrected chi connectivity index (χ0v) is 44.0. The number of hydrogen-bond donors (Lipinski definition) is 0. The van der Waals surface area contributed by atoms with Gasteiger partial charge >= 0.3 is 0 Å². The zero-order valence-electron chi connectivity index (χ0n) is 43.0. The Morgan fingerprint density at radius 3 is 1.55 bits per heavy atom. The van der Waals surface area contributed by atoms with Gasteiger partial charge in [0.1, 0.15) is 0 Å². The van der Waals surface area contributed by atoms with Gasteiger partial charge in [0.2, 0.25) is 0 Å². The van der Waals surface area contributed by atoms with Crippen molar-refractivity contribution in [3.63, 3.8) is 0 Å². The van der Waals surface area contributed by atoms with Crippen molar-refractivity contribution in [2.75, 3.05) is 0 Å². The highest BCUT2D eigenvalue weighted by Crippen LogP contribution is 2.49. The first-order chi connectivity index (χ1) is 37.3. The molecular formula is C72H51BN2Si. The van der Waals surface area contributed by atoms with Crippen molar-refractivity contribution < 1.29 is 0 Å². The highest BCUT2D eigenvalue weighted by molar-refractivity contribution is 7.24. The monoisotopic (exact) mass is 982 g/mol. The first-order valence-electron chi connectivity index (χ1n) is 27.1. The number of fused-ring (bicyclic) bond motifs is 13. The summed E-state index contributed by atoms with van der Waals surface area (Å²) in [5, 5.41) is 12.6. The number of benzene rings is 11. The van der Waals surface area contributed by atoms with Crippen LogP contribution in [0.25, 0.3) is 88.4 Å². The summed E-state index contributed by atoms with van der Waals surface area (Å²) in [6.07, 6.45) is 0. The SMILES string of the molecule is CC(C)(c1ccccc1)c1cc2c3c(c1)c1cc(C(C)(C)c4ccccc4)cc4c1n3-c1c(ccc3c1B2c1cc2ccccc2c2c(-c5ccccc5)c(-c5ccccc5)n-3c12)[Si]41c2ccccc2-c2ccccc21. The van der Waals surface area contributed by atoms with E-state index < -0.39 is 8.07 Å². The Kier molecular flexibility index (Phi) is 8.29. The Hall–Kier alpha value is -8.70. The summed E-state index contributed by atoms with van der Waals surface area (Å²) in [4.78, 5) is 0. The lowest BCUT2D eigenvalue weighted by Crippen LogP contribution is -2.77. The Morgan fingerprint density at radius 1 is 0.382 bits per heavy atom. The van der Waals surface area contributed by atoms with Gasteiger partial charge in [-0.05, 0) is 111 Å². The van der Waals surface area contributed by atoms with Crippen LogP contribution in [0.15, 0.2) is 237 Å². The minimum absolute atomic E-state index is 0.0581. The molecule has 0 N–H and O–H groups in total. The van der Waals surface area contributed by atoms with Gasteiger partial charge in [-0.15, -0.1) is 0 Å². The van der Waals surface area contributed by atoms with Crippen molar-refractivity contribution in [1.82, 2.24) is 9.13 Å². The summed E-state index contributed by atoms with van der Waals surface area (Å²) in [6.45, 7) is 9.71. The number of hydrogen-bond acceptors (Lipinski definition) is 0. The molecule has 0 fully saturated rings. The molecule has 0 aliphatic carbocycles. The summed E-state index contributed by atoms with van der Waals surface area (Å²) in [5.74, 6) is 0. The first kappa shape index (κ1) is 42.6. The van der Waals surface area contributed by atoms with Crippen LogP contribution in [0.5, 0.6) is 0 Å². The molecule has 2 nitrogen and oxygen atoms in total. The van der Waals surface area contributed by atoms with E-state index in [4.69, 9.17) is 0 Å². The van der Waals surface area contributed by atoms with E-state index in [1.54, 1.807) is 0 Å². The second-order valence-electron chi connectivity index (χ2n) is 23.1. The van der Waals surface area contributed by atoms with Crippen LogP contribution < -0.4 is 37.1 Å². The maximum absolute atomic E-state index is 3.11. The Balaban J connectivity index is 1.13. The lowest BCUT2D eigenvalue weighted by atomic mass is 9.34. The molecule has 0 bridgehead atoms. The molecule has 0 radical (unpaired) electrons. The van der Waals surface area contributed by atoms with E-state index in [1.807, 2.05) is 0 Å². The maximum Gasteiger partial charge on any atom is 0.252 e. The molecule has 4 aliphatic rings. The van der Waals surface area contributed by atoms with Crippen LogP contribution in [0.1, 0.15) is 49.9 Å². The van der Waals surface area contributed by atoms with Gasteiger partial charge in [0, 0.05) is 49.4 Å². The fraction of sp³-hybridized carbons (Fsp3) is 0.0833. The second-order valence-corrected chi connectivity index (χ2v) is 26.7. The Morgan fingerprint density at radius 2 is 0.908 bits per heavy atom. The van der Waals surface area contributed by atoms with Crippen molar-refractivity contribution in [2.45, 2.75) is 38.5 Å². The molecule has 76 heavy (non-hydrogen) atoms. The number of rotatable bonds is 6. The van der Waals surface area contributed by atoms with Crippen LogP contribution in [0, 0.1) is 0 Å². The predicted molar refractivity (Wildman–Crippen MR) is 324 cm³/mol. The highest BCUT2D eigenvalue weighted by Gasteiger charge is 2.56. The molecule has 13 aromatic rings. The van der Waals surface area contributed by atoms with Gasteiger partial charge in [-0.2, -0.15) is 0 Å². The third kappa shape index (κ3) is 5.14. The third-order valence-corrected chi connectivity index (χ3v) is 23.7. The fourth-order valence-corrected chi connectivity index (χ4v) is 20.9. The van der Waals surface area contributed by atoms with E-state index in [2.05, 4.69) is 273 Å². The van der Waals surface area contributed by atoms with E-state index in [9.17, 15) is 0 Å². The molecule has 0 saturated heterocycles. The second kappa shape index (κ2) is 14.8. The van der Waals surface area contributed by atoms with Gasteiger partial charge in [-0.25, -0.2) is 0 Å². The van der Waals surface area contributed by atoms with Gasteiger partial charge in [0.15, 0.2) is 8.07 Å². The van der Waals surface area contributed by atoms with Crippen molar-refractivity contribution in [3.05, 3.63) is 259 Å². The molecule has 2 aromatic heterocycles. The normalized spacial score (nSPS) is 14.1. The van der Waals surface area contributed by atoms with Gasteiger partial charge in [-0.1, -0.05) is 246 Å². The van der Waals surface area contributed by atoms with E-state index in [1.165, 1.54) is 148 Å². The summed E-state index contributed by atoms with van der Waals surface area (Å²) in [5.41, 5.74) is 23.4. The van der Waals surface area contributed by atoms with Crippen molar-refractivity contribution in [1.29, 1.82) is 0 Å². The van der Waals surface area contributed by atoms with Crippen LogP contribution >= 0.6 is 0 Å². The molecule has 11 aromatic carbocycles. The molecular weight excluding hydrogens is 932 g/mol. The quantitative estimate of drug-likeness (QED) is 0.147. The Bertz CT molecular complexity index is 4630. The predicted octanol–water partition coefficient (Wildman–Crippen LogP) is 12.7. The molecule has 4 aliphatic heterocycles. The molecule has 4 heteroatoms. The van der Waals surface area contributed by atoms with E-state index in [0.29, 0.717) is 0 Å². The third-order valence-electron chi connectivity index (χ3n) is 18.8. The van der Waals surface area contributed by atoms with Gasteiger partial charge in [-0.3, -0.25) is 0 Å². The van der Waals surface area contributed by atoms with Crippen LogP contribution in [0.3, 0.4) is 0 Å². The minimum Gasteiger partial charge on any atom is -0.310 e. The van der Waals surface area contributed by atoms with Gasteiger partial charge in [0.25, 0.3) is 6.71 Å². The maximum atomic E-state index is 2.81. The standard InChI is InChI=1S/C72H51BN2Si/c1-71(2,47-28-13-7-14-29-47)49-40-54-55-41-50(72(3,4)48-30-15-8-16-31-48)43-62-68(55)75-67(54)57(42-49)73-56-39-46-27-17-18-32-51(46)64-63(44-23-9-5-10-24-44)66(45-25-11-6-12-26-45)74(69(56)64)58-37-38-61(70(75)65(58)73)76(62)59-35-21-19-33-52(59)53-34-20-22-36-60(53)76/h5-43H,1-4H3. The largest absolute Gasteiger partial charge is 0.310 e. The molecule has 17 rings (SSSR count). The smallest absolute Gasteiger partial charge is 0.252 e. The van der Waals surface area contributed by atoms with Crippen LogP contribution in [0.2, 0.25) is 0 Å². The summed E-state index contributed by atoms with van der Waals surface area (Å²) in [7, 11) is -3.11. The lowest BCUT2D eigenvalue weighted by molar-refractivity contribution is 0.642. The number of aromatic nitrogens is 2.